The summed E-state index contributed by atoms with van der Waals surface area (Å²) in [6, 6.07) is 6.55. The summed E-state index contributed by atoms with van der Waals surface area (Å²) < 4.78 is 19.4. The van der Waals surface area contributed by atoms with Crippen LogP contribution in [0.15, 0.2) is 24.3 Å². The molecule has 25 heavy (non-hydrogen) atoms. The van der Waals surface area contributed by atoms with E-state index in [0.29, 0.717) is 0 Å². The minimum atomic E-state index is -0.663. The third kappa shape index (κ3) is 4.72. The predicted molar refractivity (Wildman–Crippen MR) is 96.1 cm³/mol. The van der Waals surface area contributed by atoms with Gasteiger partial charge in [0.1, 0.15) is 0 Å². The van der Waals surface area contributed by atoms with Gasteiger partial charge in [-0.05, 0) is 70.7 Å². The standard InChI is InChI=1S/C20H29FN2O2/c1-16(25-19-10-3-2-9-18(19)21)20(24)23-14-5-4-8-17(23)11-15-22-12-6-7-13-22/h2-3,9-10,16-17H,4-8,11-15H2,1H3/t16-,17-/m0/s1. The second kappa shape index (κ2) is 8.65. The molecule has 2 atom stereocenters. The number of rotatable bonds is 6. The molecule has 4 nitrogen and oxygen atoms in total. The Morgan fingerprint density at radius 1 is 1.20 bits per heavy atom. The number of ether oxygens (including phenoxy) is 1. The minimum Gasteiger partial charge on any atom is -0.478 e. The van der Waals surface area contributed by atoms with E-state index < -0.39 is 11.9 Å². The zero-order valence-corrected chi connectivity index (χ0v) is 15.1. The number of halogens is 1. The molecule has 2 heterocycles. The SMILES string of the molecule is C[C@H](Oc1ccccc1F)C(=O)N1CCCC[C@H]1CCN1CCCC1. The van der Waals surface area contributed by atoms with Crippen LogP contribution in [0.4, 0.5) is 4.39 Å². The lowest BCUT2D eigenvalue weighted by Crippen LogP contribution is -2.49. The second-order valence-corrected chi connectivity index (χ2v) is 7.21. The first-order chi connectivity index (χ1) is 12.1. The highest BCUT2D eigenvalue weighted by molar-refractivity contribution is 5.81. The van der Waals surface area contributed by atoms with Gasteiger partial charge in [0.05, 0.1) is 0 Å². The summed E-state index contributed by atoms with van der Waals surface area (Å²) in [6.07, 6.45) is 6.23. The van der Waals surface area contributed by atoms with Crippen LogP contribution in [0.1, 0.15) is 45.4 Å². The zero-order chi connectivity index (χ0) is 17.6. The van der Waals surface area contributed by atoms with E-state index in [1.165, 1.54) is 38.4 Å². The van der Waals surface area contributed by atoms with Crippen LogP contribution < -0.4 is 4.74 Å². The van der Waals surface area contributed by atoms with E-state index in [1.807, 2.05) is 4.90 Å². The highest BCUT2D eigenvalue weighted by atomic mass is 19.1. The Labute approximate surface area is 149 Å². The van der Waals surface area contributed by atoms with Crippen molar-refractivity contribution in [1.29, 1.82) is 0 Å². The zero-order valence-electron chi connectivity index (χ0n) is 15.1. The number of likely N-dealkylation sites (tertiary alicyclic amines) is 2. The number of hydrogen-bond acceptors (Lipinski definition) is 3. The minimum absolute atomic E-state index is 0.0191. The van der Waals surface area contributed by atoms with Crippen LogP contribution in [0.25, 0.3) is 0 Å². The molecule has 3 rings (SSSR count). The van der Waals surface area contributed by atoms with Gasteiger partial charge in [0.25, 0.3) is 5.91 Å². The number of carbonyl (C=O) groups is 1. The van der Waals surface area contributed by atoms with Gasteiger partial charge in [-0.3, -0.25) is 4.79 Å². The van der Waals surface area contributed by atoms with Crippen molar-refractivity contribution in [3.05, 3.63) is 30.1 Å². The number of carbonyl (C=O) groups excluding carboxylic acids is 1. The summed E-state index contributed by atoms with van der Waals surface area (Å²) in [5.41, 5.74) is 0. The lowest BCUT2D eigenvalue weighted by atomic mass is 9.98. The van der Waals surface area contributed by atoms with Crippen LogP contribution in [-0.2, 0) is 4.79 Å². The van der Waals surface area contributed by atoms with Crippen LogP contribution in [0.5, 0.6) is 5.75 Å². The molecule has 1 amide bonds. The Morgan fingerprint density at radius 2 is 1.92 bits per heavy atom. The molecule has 0 spiro atoms. The Balaban J connectivity index is 1.58. The molecule has 1 aromatic carbocycles. The largest absolute Gasteiger partial charge is 0.478 e. The van der Waals surface area contributed by atoms with Gasteiger partial charge in [-0.1, -0.05) is 12.1 Å². The lowest BCUT2D eigenvalue weighted by Gasteiger charge is -2.38. The maximum Gasteiger partial charge on any atom is 0.263 e. The van der Waals surface area contributed by atoms with Crippen LogP contribution in [-0.4, -0.2) is 54.0 Å². The third-order valence-electron chi connectivity index (χ3n) is 5.38. The summed E-state index contributed by atoms with van der Waals surface area (Å²) in [5.74, 6) is -0.297. The molecule has 138 valence electrons. The fraction of sp³-hybridized carbons (Fsp3) is 0.650. The van der Waals surface area contributed by atoms with Crippen molar-refractivity contribution in [2.75, 3.05) is 26.2 Å². The average molecular weight is 348 g/mol. The monoisotopic (exact) mass is 348 g/mol. The molecule has 0 bridgehead atoms. The first kappa shape index (κ1) is 18.2. The van der Waals surface area contributed by atoms with Crippen molar-refractivity contribution in [2.45, 2.75) is 57.6 Å². The van der Waals surface area contributed by atoms with E-state index in [0.717, 1.165) is 32.4 Å². The molecule has 0 N–H and O–H groups in total. The Morgan fingerprint density at radius 3 is 2.68 bits per heavy atom. The maximum absolute atomic E-state index is 13.8. The molecule has 1 aromatic rings. The Kier molecular flexibility index (Phi) is 6.29. The van der Waals surface area contributed by atoms with Crippen molar-refractivity contribution in [1.82, 2.24) is 9.80 Å². The Hall–Kier alpha value is -1.62. The van der Waals surface area contributed by atoms with Crippen LogP contribution in [0, 0.1) is 5.82 Å². The molecular formula is C20H29FN2O2. The van der Waals surface area contributed by atoms with Gasteiger partial charge in [0.2, 0.25) is 0 Å². The first-order valence-corrected chi connectivity index (χ1v) is 9.59. The summed E-state index contributed by atoms with van der Waals surface area (Å²) >= 11 is 0. The summed E-state index contributed by atoms with van der Waals surface area (Å²) in [5, 5.41) is 0. The number of para-hydroxylation sites is 1. The van der Waals surface area contributed by atoms with E-state index in [9.17, 15) is 9.18 Å². The second-order valence-electron chi connectivity index (χ2n) is 7.21. The van der Waals surface area contributed by atoms with Gasteiger partial charge in [-0.25, -0.2) is 4.39 Å². The molecule has 5 heteroatoms. The van der Waals surface area contributed by atoms with Crippen molar-refractivity contribution >= 4 is 5.91 Å². The van der Waals surface area contributed by atoms with Gasteiger partial charge in [-0.2, -0.15) is 0 Å². The van der Waals surface area contributed by atoms with Crippen LogP contribution in [0.2, 0.25) is 0 Å². The highest BCUT2D eigenvalue weighted by Gasteiger charge is 2.31. The summed E-state index contributed by atoms with van der Waals surface area (Å²) in [6.45, 7) is 5.95. The van der Waals surface area contributed by atoms with Crippen LogP contribution in [0.3, 0.4) is 0 Å². The number of amides is 1. The van der Waals surface area contributed by atoms with Crippen LogP contribution >= 0.6 is 0 Å². The normalized spacial score (nSPS) is 22.8. The first-order valence-electron chi connectivity index (χ1n) is 9.59. The van der Waals surface area contributed by atoms with Gasteiger partial charge >= 0.3 is 0 Å². The van der Waals surface area contributed by atoms with E-state index >= 15 is 0 Å². The van der Waals surface area contributed by atoms with E-state index in [4.69, 9.17) is 4.74 Å². The molecule has 0 aromatic heterocycles. The number of benzene rings is 1. The highest BCUT2D eigenvalue weighted by Crippen LogP contribution is 2.24. The van der Waals surface area contributed by atoms with E-state index in [1.54, 1.807) is 25.1 Å². The molecule has 0 unspecified atom stereocenters. The number of hydrogen-bond donors (Lipinski definition) is 0. The predicted octanol–water partition coefficient (Wildman–Crippen LogP) is 3.46. The molecule has 2 fully saturated rings. The number of piperidine rings is 1. The van der Waals surface area contributed by atoms with E-state index in [2.05, 4.69) is 4.90 Å². The molecule has 0 aliphatic carbocycles. The van der Waals surface area contributed by atoms with Gasteiger partial charge in [0, 0.05) is 19.1 Å². The van der Waals surface area contributed by atoms with Crippen molar-refractivity contribution < 1.29 is 13.9 Å². The van der Waals surface area contributed by atoms with Gasteiger partial charge in [-0.15, -0.1) is 0 Å². The Bertz CT molecular complexity index is 575. The summed E-state index contributed by atoms with van der Waals surface area (Å²) in [4.78, 5) is 17.4. The smallest absolute Gasteiger partial charge is 0.263 e. The fourth-order valence-electron chi connectivity index (χ4n) is 3.94. The van der Waals surface area contributed by atoms with Crippen molar-refractivity contribution in [3.8, 4) is 5.75 Å². The fourth-order valence-corrected chi connectivity index (χ4v) is 3.94. The van der Waals surface area contributed by atoms with Crippen molar-refractivity contribution in [2.24, 2.45) is 0 Å². The third-order valence-corrected chi connectivity index (χ3v) is 5.38. The van der Waals surface area contributed by atoms with Gasteiger partial charge < -0.3 is 14.5 Å². The molecular weight excluding hydrogens is 319 g/mol. The van der Waals surface area contributed by atoms with E-state index in [-0.39, 0.29) is 17.7 Å². The molecule has 2 aliphatic rings. The topological polar surface area (TPSA) is 32.8 Å². The molecule has 0 radical (unpaired) electrons. The molecule has 2 saturated heterocycles. The van der Waals surface area contributed by atoms with Gasteiger partial charge in [0.15, 0.2) is 17.7 Å². The molecule has 2 aliphatic heterocycles. The summed E-state index contributed by atoms with van der Waals surface area (Å²) in [7, 11) is 0. The van der Waals surface area contributed by atoms with Crippen molar-refractivity contribution in [3.63, 3.8) is 0 Å². The molecule has 0 saturated carbocycles. The maximum atomic E-state index is 13.8. The average Bonchev–Trinajstić information content (AvgIpc) is 3.15. The quantitative estimate of drug-likeness (QED) is 0.789. The number of nitrogens with zero attached hydrogens (tertiary/aromatic N) is 2. The lowest BCUT2D eigenvalue weighted by molar-refractivity contribution is -0.142.